The first-order valence-corrected chi connectivity index (χ1v) is 9.01. The monoisotopic (exact) mass is 352 g/mol. The lowest BCUT2D eigenvalue weighted by atomic mass is 10.0. The van der Waals surface area contributed by atoms with Gasteiger partial charge in [-0.25, -0.2) is 4.79 Å². The minimum Gasteiger partial charge on any atom is -0.465 e. The molecule has 1 N–H and O–H groups in total. The highest BCUT2D eigenvalue weighted by Crippen LogP contribution is 2.26. The maximum absolute atomic E-state index is 11.9. The van der Waals surface area contributed by atoms with E-state index in [1.54, 1.807) is 30.8 Å². The smallest absolute Gasteiger partial charge is 0.408 e. The lowest BCUT2D eigenvalue weighted by molar-refractivity contribution is -0.129. The van der Waals surface area contributed by atoms with Crippen molar-refractivity contribution in [2.45, 2.75) is 50.1 Å². The Labute approximate surface area is 149 Å². The molecule has 2 amide bonds. The molecule has 1 rings (SSSR count). The minimum atomic E-state index is -0.946. The Morgan fingerprint density at radius 3 is 2.21 bits per heavy atom. The average molecular weight is 353 g/mol. The highest BCUT2D eigenvalue weighted by Gasteiger charge is 2.33. The number of carbonyl (C=O) groups is 2. The zero-order chi connectivity index (χ0) is 18.3. The second kappa shape index (κ2) is 8.97. The van der Waals surface area contributed by atoms with Crippen LogP contribution in [0.2, 0.25) is 0 Å². The summed E-state index contributed by atoms with van der Waals surface area (Å²) in [5, 5.41) is 9.67. The van der Waals surface area contributed by atoms with E-state index in [1.165, 1.54) is 4.90 Å². The van der Waals surface area contributed by atoms with E-state index in [9.17, 15) is 14.7 Å². The number of amides is 2. The Balaban J connectivity index is 2.88. The van der Waals surface area contributed by atoms with Gasteiger partial charge in [0.15, 0.2) is 0 Å². The van der Waals surface area contributed by atoms with E-state index < -0.39 is 11.6 Å². The highest BCUT2D eigenvalue weighted by atomic mass is 32.2. The number of benzene rings is 1. The van der Waals surface area contributed by atoms with Crippen molar-refractivity contribution in [2.75, 3.05) is 19.8 Å². The van der Waals surface area contributed by atoms with Crippen molar-refractivity contribution < 1.29 is 14.7 Å². The molecule has 1 aromatic rings. The molecule has 0 saturated carbocycles. The second-order valence-electron chi connectivity index (χ2n) is 6.93. The largest absolute Gasteiger partial charge is 0.465 e. The van der Waals surface area contributed by atoms with Gasteiger partial charge in [0.2, 0.25) is 5.91 Å². The lowest BCUT2D eigenvalue weighted by Crippen LogP contribution is -2.52. The first kappa shape index (κ1) is 20.4. The van der Waals surface area contributed by atoms with Gasteiger partial charge in [-0.2, -0.15) is 0 Å². The minimum absolute atomic E-state index is 0.0176. The molecule has 1 aromatic carbocycles. The van der Waals surface area contributed by atoms with Gasteiger partial charge < -0.3 is 10.0 Å². The summed E-state index contributed by atoms with van der Waals surface area (Å²) < 4.78 is 0. The van der Waals surface area contributed by atoms with Crippen LogP contribution in [-0.4, -0.2) is 58.3 Å². The van der Waals surface area contributed by atoms with E-state index in [2.05, 4.69) is 0 Å². The van der Waals surface area contributed by atoms with E-state index in [0.717, 1.165) is 4.90 Å². The molecule has 0 aromatic heterocycles. The third-order valence-electron chi connectivity index (χ3n) is 3.67. The van der Waals surface area contributed by atoms with Gasteiger partial charge in [-0.05, 0) is 39.3 Å². The summed E-state index contributed by atoms with van der Waals surface area (Å²) >= 11 is 1.62. The summed E-state index contributed by atoms with van der Waals surface area (Å²) in [5.41, 5.74) is -0.519. The number of rotatable bonds is 7. The van der Waals surface area contributed by atoms with Gasteiger partial charge in [-0.15, -0.1) is 11.8 Å². The third-order valence-corrected chi connectivity index (χ3v) is 4.83. The van der Waals surface area contributed by atoms with E-state index >= 15 is 0 Å². The molecular weight excluding hydrogens is 324 g/mol. The quantitative estimate of drug-likeness (QED) is 0.758. The maximum Gasteiger partial charge on any atom is 0.408 e. The van der Waals surface area contributed by atoms with Gasteiger partial charge in [0.1, 0.15) is 0 Å². The van der Waals surface area contributed by atoms with Crippen molar-refractivity contribution in [3.05, 3.63) is 30.3 Å². The normalized spacial score (nSPS) is 12.5. The first-order valence-electron chi connectivity index (χ1n) is 8.03. The van der Waals surface area contributed by atoms with Crippen LogP contribution in [0.25, 0.3) is 0 Å². The fourth-order valence-corrected chi connectivity index (χ4v) is 3.55. The van der Waals surface area contributed by atoms with Gasteiger partial charge >= 0.3 is 6.09 Å². The fourth-order valence-electron chi connectivity index (χ4n) is 2.50. The zero-order valence-electron chi connectivity index (χ0n) is 15.2. The summed E-state index contributed by atoms with van der Waals surface area (Å²) in [7, 11) is 3.43. The number of thioether (sulfide) groups is 1. The molecule has 0 unspecified atom stereocenters. The molecule has 0 heterocycles. The Bertz CT molecular complexity index is 541. The van der Waals surface area contributed by atoms with E-state index in [4.69, 9.17) is 0 Å². The van der Waals surface area contributed by atoms with Crippen LogP contribution in [0.4, 0.5) is 4.79 Å². The summed E-state index contributed by atoms with van der Waals surface area (Å²) in [5.74, 6) is 0.637. The molecule has 0 saturated heterocycles. The number of carboxylic acid groups (broad SMARTS) is 1. The van der Waals surface area contributed by atoms with Crippen LogP contribution in [0.5, 0.6) is 0 Å². The number of carbonyl (C=O) groups excluding carboxylic acids is 1. The maximum atomic E-state index is 11.9. The van der Waals surface area contributed by atoms with Crippen LogP contribution < -0.4 is 0 Å². The molecule has 5 nitrogen and oxygen atoms in total. The van der Waals surface area contributed by atoms with Crippen LogP contribution in [0.1, 0.15) is 33.6 Å². The molecule has 0 fully saturated rings. The Morgan fingerprint density at radius 2 is 1.75 bits per heavy atom. The predicted octanol–water partition coefficient (Wildman–Crippen LogP) is 3.79. The summed E-state index contributed by atoms with van der Waals surface area (Å²) in [4.78, 5) is 27.8. The van der Waals surface area contributed by atoms with Crippen LogP contribution in [0.15, 0.2) is 35.2 Å². The Kier molecular flexibility index (Phi) is 7.60. The highest BCUT2D eigenvalue weighted by molar-refractivity contribution is 7.99. The molecule has 1 atom stereocenters. The average Bonchev–Trinajstić information content (AvgIpc) is 2.48. The molecule has 0 radical (unpaired) electrons. The van der Waals surface area contributed by atoms with Crippen LogP contribution >= 0.6 is 11.8 Å². The molecule has 0 aliphatic rings. The van der Waals surface area contributed by atoms with Crippen LogP contribution in [-0.2, 0) is 4.79 Å². The van der Waals surface area contributed by atoms with Crippen molar-refractivity contribution in [3.8, 4) is 0 Å². The summed E-state index contributed by atoms with van der Waals surface area (Å²) in [6, 6.07) is 9.67. The predicted molar refractivity (Wildman–Crippen MR) is 98.5 cm³/mol. The number of hydrogen-bond donors (Lipinski definition) is 1. The van der Waals surface area contributed by atoms with Gasteiger partial charge in [0.05, 0.1) is 0 Å². The molecule has 6 heteroatoms. The van der Waals surface area contributed by atoms with Gasteiger partial charge in [0, 0.05) is 42.7 Å². The van der Waals surface area contributed by atoms with Crippen molar-refractivity contribution >= 4 is 23.8 Å². The molecule has 134 valence electrons. The molecular formula is C18H28N2O3S. The van der Waals surface area contributed by atoms with Crippen LogP contribution in [0.3, 0.4) is 0 Å². The second-order valence-corrected chi connectivity index (χ2v) is 8.02. The van der Waals surface area contributed by atoms with Gasteiger partial charge in [0.25, 0.3) is 0 Å². The third kappa shape index (κ3) is 6.43. The van der Waals surface area contributed by atoms with Gasteiger partial charge in [-0.1, -0.05) is 18.2 Å². The standard InChI is InChI=1S/C18H28N2O3S/c1-18(2,3)20(17(22)23)14(11-12-16(21)19(4)5)13-24-15-9-7-6-8-10-15/h6-10,14H,11-13H2,1-5H3,(H,22,23)/t14-/m1/s1. The summed E-state index contributed by atoms with van der Waals surface area (Å²) in [6.07, 6.45) is -0.0914. The van der Waals surface area contributed by atoms with Crippen molar-refractivity contribution in [2.24, 2.45) is 0 Å². The first-order chi connectivity index (χ1) is 11.1. The lowest BCUT2D eigenvalue weighted by Gasteiger charge is -2.39. The molecule has 24 heavy (non-hydrogen) atoms. The number of nitrogens with zero attached hydrogens (tertiary/aromatic N) is 2. The molecule has 0 aliphatic carbocycles. The van der Waals surface area contributed by atoms with Crippen molar-refractivity contribution in [1.82, 2.24) is 9.80 Å². The zero-order valence-corrected chi connectivity index (χ0v) is 16.0. The van der Waals surface area contributed by atoms with E-state index in [1.807, 2.05) is 51.1 Å². The fraction of sp³-hybridized carbons (Fsp3) is 0.556. The van der Waals surface area contributed by atoms with Crippen molar-refractivity contribution in [1.29, 1.82) is 0 Å². The van der Waals surface area contributed by atoms with E-state index in [-0.39, 0.29) is 11.9 Å². The SMILES string of the molecule is CN(C)C(=O)CC[C@H](CSc1ccccc1)N(C(=O)O)C(C)(C)C. The topological polar surface area (TPSA) is 60.9 Å². The van der Waals surface area contributed by atoms with Gasteiger partial charge in [-0.3, -0.25) is 9.69 Å². The van der Waals surface area contributed by atoms with Crippen LogP contribution in [0, 0.1) is 0 Å². The summed E-state index contributed by atoms with van der Waals surface area (Å²) in [6.45, 7) is 5.65. The number of hydrogen-bond acceptors (Lipinski definition) is 3. The molecule has 0 spiro atoms. The Hall–Kier alpha value is -1.69. The Morgan fingerprint density at radius 1 is 1.17 bits per heavy atom. The van der Waals surface area contributed by atoms with E-state index in [0.29, 0.717) is 18.6 Å². The van der Waals surface area contributed by atoms with Crippen molar-refractivity contribution in [3.63, 3.8) is 0 Å². The molecule has 0 bridgehead atoms. The molecule has 0 aliphatic heterocycles.